The minimum Gasteiger partial charge on any atom is -0.491 e. The van der Waals surface area contributed by atoms with Crippen molar-refractivity contribution in [3.05, 3.63) is 48.0 Å². The number of benzene rings is 1. The standard InChI is InChI=1S/C15H21N3O/c1-11(2)19-13-7-5-6-12(8-13)15(16-3)14-9-17-10-18(14)4/h5-11,15-16H,1-4H3. The first-order valence-electron chi connectivity index (χ1n) is 6.52. The maximum atomic E-state index is 5.75. The summed E-state index contributed by atoms with van der Waals surface area (Å²) in [5.74, 6) is 0.898. The first-order chi connectivity index (χ1) is 9.11. The normalized spacial score (nSPS) is 12.7. The molecule has 0 aliphatic heterocycles. The summed E-state index contributed by atoms with van der Waals surface area (Å²) in [5.41, 5.74) is 2.30. The molecular formula is C15H21N3O. The molecular weight excluding hydrogens is 238 g/mol. The molecule has 0 amide bonds. The molecule has 0 saturated carbocycles. The van der Waals surface area contributed by atoms with Crippen molar-refractivity contribution in [2.24, 2.45) is 7.05 Å². The van der Waals surface area contributed by atoms with Gasteiger partial charge < -0.3 is 14.6 Å². The summed E-state index contributed by atoms with van der Waals surface area (Å²) < 4.78 is 7.77. The van der Waals surface area contributed by atoms with Crippen LogP contribution in [0.1, 0.15) is 31.1 Å². The molecule has 1 aromatic carbocycles. The van der Waals surface area contributed by atoms with Crippen LogP contribution in [-0.4, -0.2) is 22.7 Å². The molecule has 1 unspecified atom stereocenters. The third-order valence-electron chi connectivity index (χ3n) is 3.00. The molecule has 1 heterocycles. The Kier molecular flexibility index (Phi) is 4.22. The van der Waals surface area contributed by atoms with Crippen LogP contribution >= 0.6 is 0 Å². The van der Waals surface area contributed by atoms with Gasteiger partial charge in [0.05, 0.1) is 30.4 Å². The second-order valence-electron chi connectivity index (χ2n) is 4.89. The van der Waals surface area contributed by atoms with Crippen molar-refractivity contribution in [2.75, 3.05) is 7.05 Å². The van der Waals surface area contributed by atoms with Crippen molar-refractivity contribution in [1.29, 1.82) is 0 Å². The van der Waals surface area contributed by atoms with Crippen molar-refractivity contribution in [2.45, 2.75) is 26.0 Å². The van der Waals surface area contributed by atoms with Crippen LogP contribution in [0.15, 0.2) is 36.8 Å². The smallest absolute Gasteiger partial charge is 0.120 e. The van der Waals surface area contributed by atoms with Crippen molar-refractivity contribution in [3.63, 3.8) is 0 Å². The maximum Gasteiger partial charge on any atom is 0.120 e. The number of rotatable bonds is 5. The second-order valence-corrected chi connectivity index (χ2v) is 4.89. The van der Waals surface area contributed by atoms with E-state index in [4.69, 9.17) is 4.74 Å². The molecule has 1 aromatic heterocycles. The van der Waals surface area contributed by atoms with Crippen LogP contribution in [-0.2, 0) is 7.05 Å². The Hall–Kier alpha value is -1.81. The zero-order valence-corrected chi connectivity index (χ0v) is 11.9. The van der Waals surface area contributed by atoms with E-state index in [-0.39, 0.29) is 12.1 Å². The van der Waals surface area contributed by atoms with Crippen LogP contribution in [0.25, 0.3) is 0 Å². The number of aryl methyl sites for hydroxylation is 1. The van der Waals surface area contributed by atoms with Crippen LogP contribution < -0.4 is 10.1 Å². The maximum absolute atomic E-state index is 5.75. The summed E-state index contributed by atoms with van der Waals surface area (Å²) in [6, 6.07) is 8.30. The van der Waals surface area contributed by atoms with E-state index in [1.165, 1.54) is 5.56 Å². The Bertz CT molecular complexity index is 534. The highest BCUT2D eigenvalue weighted by Gasteiger charge is 2.15. The number of ether oxygens (including phenoxy) is 1. The molecule has 2 rings (SSSR count). The van der Waals surface area contributed by atoms with Crippen LogP contribution in [0.3, 0.4) is 0 Å². The Balaban J connectivity index is 2.31. The third kappa shape index (κ3) is 3.15. The van der Waals surface area contributed by atoms with E-state index in [1.54, 1.807) is 0 Å². The Morgan fingerprint density at radius 1 is 1.32 bits per heavy atom. The monoisotopic (exact) mass is 259 g/mol. The van der Waals surface area contributed by atoms with Gasteiger partial charge in [-0.1, -0.05) is 12.1 Å². The zero-order valence-electron chi connectivity index (χ0n) is 11.9. The van der Waals surface area contributed by atoms with Gasteiger partial charge in [0.2, 0.25) is 0 Å². The van der Waals surface area contributed by atoms with Crippen molar-refractivity contribution >= 4 is 0 Å². The van der Waals surface area contributed by atoms with E-state index < -0.39 is 0 Å². The lowest BCUT2D eigenvalue weighted by atomic mass is 10.0. The summed E-state index contributed by atoms with van der Waals surface area (Å²) in [5, 5.41) is 3.33. The predicted molar refractivity (Wildman–Crippen MR) is 76.3 cm³/mol. The molecule has 19 heavy (non-hydrogen) atoms. The zero-order chi connectivity index (χ0) is 13.8. The van der Waals surface area contributed by atoms with Crippen molar-refractivity contribution < 1.29 is 4.74 Å². The van der Waals surface area contributed by atoms with Gasteiger partial charge in [-0.3, -0.25) is 0 Å². The van der Waals surface area contributed by atoms with Crippen LogP contribution in [0, 0.1) is 0 Å². The summed E-state index contributed by atoms with van der Waals surface area (Å²) in [6.45, 7) is 4.06. The fourth-order valence-electron chi connectivity index (χ4n) is 2.17. The number of aromatic nitrogens is 2. The highest BCUT2D eigenvalue weighted by molar-refractivity contribution is 5.34. The van der Waals surface area contributed by atoms with Gasteiger partial charge in [0.15, 0.2) is 0 Å². The van der Waals surface area contributed by atoms with Crippen LogP contribution in [0.2, 0.25) is 0 Å². The first-order valence-corrected chi connectivity index (χ1v) is 6.52. The van der Waals surface area contributed by atoms with Gasteiger partial charge in [-0.2, -0.15) is 0 Å². The average molecular weight is 259 g/mol. The Labute approximate surface area is 114 Å². The fourth-order valence-corrected chi connectivity index (χ4v) is 2.17. The second kappa shape index (κ2) is 5.89. The number of hydrogen-bond donors (Lipinski definition) is 1. The molecule has 0 aliphatic rings. The molecule has 2 aromatic rings. The highest BCUT2D eigenvalue weighted by Crippen LogP contribution is 2.24. The predicted octanol–water partition coefficient (Wildman–Crippen LogP) is 2.52. The first kappa shape index (κ1) is 13.6. The largest absolute Gasteiger partial charge is 0.491 e. The van der Waals surface area contributed by atoms with E-state index in [1.807, 2.05) is 57.2 Å². The molecule has 0 spiro atoms. The van der Waals surface area contributed by atoms with Gasteiger partial charge in [0.1, 0.15) is 5.75 Å². The third-order valence-corrected chi connectivity index (χ3v) is 3.00. The SMILES string of the molecule is CNC(c1cccc(OC(C)C)c1)c1cncn1C. The summed E-state index contributed by atoms with van der Waals surface area (Å²) in [4.78, 5) is 4.18. The quantitative estimate of drug-likeness (QED) is 0.896. The minimum absolute atomic E-state index is 0.114. The molecule has 0 bridgehead atoms. The van der Waals surface area contributed by atoms with Gasteiger partial charge in [0.25, 0.3) is 0 Å². The lowest BCUT2D eigenvalue weighted by molar-refractivity contribution is 0.242. The molecule has 1 N–H and O–H groups in total. The van der Waals surface area contributed by atoms with E-state index >= 15 is 0 Å². The Morgan fingerprint density at radius 3 is 2.68 bits per heavy atom. The fraction of sp³-hybridized carbons (Fsp3) is 0.400. The summed E-state index contributed by atoms with van der Waals surface area (Å²) in [6.07, 6.45) is 3.88. The minimum atomic E-state index is 0.114. The van der Waals surface area contributed by atoms with Crippen LogP contribution in [0.4, 0.5) is 0 Å². The highest BCUT2D eigenvalue weighted by atomic mass is 16.5. The van der Waals surface area contributed by atoms with Gasteiger partial charge in [-0.05, 0) is 38.6 Å². The molecule has 0 fully saturated rings. The molecule has 102 valence electrons. The van der Waals surface area contributed by atoms with Crippen molar-refractivity contribution in [3.8, 4) is 5.75 Å². The van der Waals surface area contributed by atoms with Gasteiger partial charge in [0, 0.05) is 7.05 Å². The molecule has 0 saturated heterocycles. The molecule has 4 nitrogen and oxygen atoms in total. The van der Waals surface area contributed by atoms with E-state index in [0.717, 1.165) is 11.4 Å². The molecule has 0 aliphatic carbocycles. The Morgan fingerprint density at radius 2 is 2.11 bits per heavy atom. The molecule has 0 radical (unpaired) electrons. The number of hydrogen-bond acceptors (Lipinski definition) is 3. The number of nitrogens with zero attached hydrogens (tertiary/aromatic N) is 2. The summed E-state index contributed by atoms with van der Waals surface area (Å²) >= 11 is 0. The lowest BCUT2D eigenvalue weighted by Crippen LogP contribution is -2.20. The van der Waals surface area contributed by atoms with Gasteiger partial charge >= 0.3 is 0 Å². The van der Waals surface area contributed by atoms with Crippen molar-refractivity contribution in [1.82, 2.24) is 14.9 Å². The lowest BCUT2D eigenvalue weighted by Gasteiger charge is -2.18. The van der Waals surface area contributed by atoms with E-state index in [9.17, 15) is 0 Å². The number of imidazole rings is 1. The molecule has 4 heteroatoms. The van der Waals surface area contributed by atoms with Gasteiger partial charge in [-0.25, -0.2) is 4.98 Å². The number of nitrogens with one attached hydrogen (secondary N) is 1. The van der Waals surface area contributed by atoms with Crippen LogP contribution in [0.5, 0.6) is 5.75 Å². The summed E-state index contributed by atoms with van der Waals surface area (Å²) in [7, 11) is 3.95. The average Bonchev–Trinajstić information content (AvgIpc) is 2.77. The van der Waals surface area contributed by atoms with E-state index in [2.05, 4.69) is 22.4 Å². The topological polar surface area (TPSA) is 39.1 Å². The molecule has 1 atom stereocenters. The van der Waals surface area contributed by atoms with E-state index in [0.29, 0.717) is 0 Å². The van der Waals surface area contributed by atoms with Gasteiger partial charge in [-0.15, -0.1) is 0 Å².